The Hall–Kier alpha value is -2.04. The SMILES string of the molecule is CCC(CC)(NC(=O)c1ccc(C)c(OC)c1)C(=O)O. The number of methoxy groups -OCH3 is 1. The molecule has 0 bridgehead atoms. The molecule has 2 N–H and O–H groups in total. The van der Waals surface area contributed by atoms with E-state index in [1.165, 1.54) is 7.11 Å². The molecule has 0 aliphatic carbocycles. The lowest BCUT2D eigenvalue weighted by Crippen LogP contribution is -2.53. The van der Waals surface area contributed by atoms with E-state index in [-0.39, 0.29) is 0 Å². The number of carboxylic acids is 1. The van der Waals surface area contributed by atoms with E-state index in [1.54, 1.807) is 32.0 Å². The highest BCUT2D eigenvalue weighted by atomic mass is 16.5. The molecule has 5 nitrogen and oxygen atoms in total. The van der Waals surface area contributed by atoms with Gasteiger partial charge in [-0.05, 0) is 37.5 Å². The second kappa shape index (κ2) is 6.41. The molecular formula is C15H21NO4. The summed E-state index contributed by atoms with van der Waals surface area (Å²) in [6.45, 7) is 5.36. The summed E-state index contributed by atoms with van der Waals surface area (Å²) in [5, 5.41) is 11.9. The fourth-order valence-corrected chi connectivity index (χ4v) is 2.03. The van der Waals surface area contributed by atoms with Crippen molar-refractivity contribution in [1.82, 2.24) is 5.32 Å². The number of amides is 1. The Morgan fingerprint density at radius 1 is 1.30 bits per heavy atom. The molecule has 110 valence electrons. The van der Waals surface area contributed by atoms with Crippen molar-refractivity contribution in [2.75, 3.05) is 7.11 Å². The zero-order chi connectivity index (χ0) is 15.3. The first-order chi connectivity index (χ1) is 9.40. The van der Waals surface area contributed by atoms with E-state index in [0.29, 0.717) is 24.2 Å². The van der Waals surface area contributed by atoms with Crippen LogP contribution in [0.2, 0.25) is 0 Å². The maximum absolute atomic E-state index is 12.2. The first kappa shape index (κ1) is 16.0. The number of carboxylic acid groups (broad SMARTS) is 1. The molecule has 0 saturated carbocycles. The highest BCUT2D eigenvalue weighted by molar-refractivity contribution is 5.98. The molecule has 0 atom stereocenters. The van der Waals surface area contributed by atoms with Gasteiger partial charge in [0.15, 0.2) is 0 Å². The summed E-state index contributed by atoms with van der Waals surface area (Å²) in [4.78, 5) is 23.6. The average Bonchev–Trinajstić information content (AvgIpc) is 2.44. The first-order valence-corrected chi connectivity index (χ1v) is 6.60. The van der Waals surface area contributed by atoms with Crippen LogP contribution in [-0.4, -0.2) is 29.6 Å². The van der Waals surface area contributed by atoms with Crippen LogP contribution in [0.25, 0.3) is 0 Å². The van der Waals surface area contributed by atoms with Crippen molar-refractivity contribution in [1.29, 1.82) is 0 Å². The minimum absolute atomic E-state index is 0.327. The summed E-state index contributed by atoms with van der Waals surface area (Å²) in [5.41, 5.74) is 0.0781. The maximum atomic E-state index is 12.2. The summed E-state index contributed by atoms with van der Waals surface area (Å²) < 4.78 is 5.17. The molecule has 1 amide bonds. The third kappa shape index (κ3) is 3.10. The Morgan fingerprint density at radius 3 is 2.35 bits per heavy atom. The number of aryl methyl sites for hydroxylation is 1. The van der Waals surface area contributed by atoms with Crippen LogP contribution in [0.5, 0.6) is 5.75 Å². The normalized spacial score (nSPS) is 11.0. The number of carbonyl (C=O) groups excluding carboxylic acids is 1. The largest absolute Gasteiger partial charge is 0.496 e. The third-order valence-corrected chi connectivity index (χ3v) is 3.64. The van der Waals surface area contributed by atoms with Crippen LogP contribution in [0.15, 0.2) is 18.2 Å². The lowest BCUT2D eigenvalue weighted by molar-refractivity contribution is -0.144. The van der Waals surface area contributed by atoms with Gasteiger partial charge in [0.1, 0.15) is 11.3 Å². The number of nitrogens with one attached hydrogen (secondary N) is 1. The third-order valence-electron chi connectivity index (χ3n) is 3.64. The van der Waals surface area contributed by atoms with E-state index in [9.17, 15) is 14.7 Å². The summed E-state index contributed by atoms with van der Waals surface area (Å²) in [7, 11) is 1.53. The Bertz CT molecular complexity index is 507. The van der Waals surface area contributed by atoms with Crippen molar-refractivity contribution in [2.45, 2.75) is 39.2 Å². The number of aliphatic carboxylic acids is 1. The van der Waals surface area contributed by atoms with E-state index in [1.807, 2.05) is 6.92 Å². The van der Waals surface area contributed by atoms with Crippen molar-refractivity contribution in [3.05, 3.63) is 29.3 Å². The Balaban J connectivity index is 3.04. The van der Waals surface area contributed by atoms with Crippen molar-refractivity contribution in [3.63, 3.8) is 0 Å². The lowest BCUT2D eigenvalue weighted by Gasteiger charge is -2.28. The molecule has 0 aromatic heterocycles. The van der Waals surface area contributed by atoms with Gasteiger partial charge in [-0.2, -0.15) is 0 Å². The van der Waals surface area contributed by atoms with E-state index in [0.717, 1.165) is 5.56 Å². The quantitative estimate of drug-likeness (QED) is 0.838. The van der Waals surface area contributed by atoms with E-state index >= 15 is 0 Å². The predicted octanol–water partition coefficient (Wildman–Crippen LogP) is 2.38. The predicted molar refractivity (Wildman–Crippen MR) is 76.1 cm³/mol. The zero-order valence-corrected chi connectivity index (χ0v) is 12.3. The van der Waals surface area contributed by atoms with Crippen LogP contribution in [0.4, 0.5) is 0 Å². The molecule has 0 saturated heterocycles. The minimum Gasteiger partial charge on any atom is -0.496 e. The molecule has 0 aliphatic rings. The summed E-state index contributed by atoms with van der Waals surface area (Å²) in [5.74, 6) is -0.823. The number of hydrogen-bond acceptors (Lipinski definition) is 3. The van der Waals surface area contributed by atoms with Crippen LogP contribution < -0.4 is 10.1 Å². The lowest BCUT2D eigenvalue weighted by atomic mass is 9.92. The van der Waals surface area contributed by atoms with Crippen LogP contribution in [0, 0.1) is 6.92 Å². The number of benzene rings is 1. The van der Waals surface area contributed by atoms with E-state index in [2.05, 4.69) is 5.32 Å². The van der Waals surface area contributed by atoms with Crippen molar-refractivity contribution in [3.8, 4) is 5.75 Å². The zero-order valence-electron chi connectivity index (χ0n) is 12.3. The number of hydrogen-bond donors (Lipinski definition) is 2. The van der Waals surface area contributed by atoms with Crippen molar-refractivity contribution in [2.24, 2.45) is 0 Å². The fourth-order valence-electron chi connectivity index (χ4n) is 2.03. The Kier molecular flexibility index (Phi) is 5.13. The summed E-state index contributed by atoms with van der Waals surface area (Å²) >= 11 is 0. The van der Waals surface area contributed by atoms with Gasteiger partial charge in [-0.15, -0.1) is 0 Å². The van der Waals surface area contributed by atoms with Gasteiger partial charge >= 0.3 is 5.97 Å². The Morgan fingerprint density at radius 2 is 1.90 bits per heavy atom. The van der Waals surface area contributed by atoms with Crippen molar-refractivity contribution < 1.29 is 19.4 Å². The summed E-state index contributed by atoms with van der Waals surface area (Å²) in [6, 6.07) is 5.04. The number of carbonyl (C=O) groups is 2. The Labute approximate surface area is 118 Å². The van der Waals surface area contributed by atoms with Gasteiger partial charge < -0.3 is 15.2 Å². The average molecular weight is 279 g/mol. The highest BCUT2D eigenvalue weighted by Gasteiger charge is 2.36. The monoisotopic (exact) mass is 279 g/mol. The molecule has 0 fully saturated rings. The van der Waals surface area contributed by atoms with Gasteiger partial charge in [0.25, 0.3) is 5.91 Å². The van der Waals surface area contributed by atoms with Gasteiger partial charge in [-0.3, -0.25) is 4.79 Å². The number of rotatable bonds is 6. The van der Waals surface area contributed by atoms with Crippen LogP contribution >= 0.6 is 0 Å². The molecule has 20 heavy (non-hydrogen) atoms. The molecule has 1 aromatic carbocycles. The molecule has 1 aromatic rings. The second-order valence-electron chi connectivity index (χ2n) is 4.73. The maximum Gasteiger partial charge on any atom is 0.329 e. The van der Waals surface area contributed by atoms with Crippen LogP contribution in [-0.2, 0) is 4.79 Å². The van der Waals surface area contributed by atoms with Crippen molar-refractivity contribution >= 4 is 11.9 Å². The fraction of sp³-hybridized carbons (Fsp3) is 0.467. The smallest absolute Gasteiger partial charge is 0.329 e. The van der Waals surface area contributed by atoms with Crippen LogP contribution in [0.1, 0.15) is 42.6 Å². The number of ether oxygens (including phenoxy) is 1. The van der Waals surface area contributed by atoms with Crippen LogP contribution in [0.3, 0.4) is 0 Å². The van der Waals surface area contributed by atoms with Gasteiger partial charge in [-0.25, -0.2) is 4.79 Å². The molecule has 0 aliphatic heterocycles. The molecule has 1 rings (SSSR count). The van der Waals surface area contributed by atoms with E-state index in [4.69, 9.17) is 4.74 Å². The highest BCUT2D eigenvalue weighted by Crippen LogP contribution is 2.21. The minimum atomic E-state index is -1.23. The second-order valence-corrected chi connectivity index (χ2v) is 4.73. The molecule has 0 heterocycles. The molecule has 0 radical (unpaired) electrons. The summed E-state index contributed by atoms with van der Waals surface area (Å²) in [6.07, 6.45) is 0.654. The topological polar surface area (TPSA) is 75.6 Å². The standard InChI is InChI=1S/C15H21NO4/c1-5-15(6-2,14(18)19)16-13(17)11-8-7-10(3)12(9-11)20-4/h7-9H,5-6H2,1-4H3,(H,16,17)(H,18,19). The van der Waals surface area contributed by atoms with Gasteiger partial charge in [0, 0.05) is 5.56 Å². The molecular weight excluding hydrogens is 258 g/mol. The molecule has 0 unspecified atom stereocenters. The van der Waals surface area contributed by atoms with Gasteiger partial charge in [0.2, 0.25) is 0 Å². The first-order valence-electron chi connectivity index (χ1n) is 6.60. The van der Waals surface area contributed by atoms with Gasteiger partial charge in [0.05, 0.1) is 7.11 Å². The van der Waals surface area contributed by atoms with Gasteiger partial charge in [-0.1, -0.05) is 19.9 Å². The molecule has 5 heteroatoms. The van der Waals surface area contributed by atoms with E-state index < -0.39 is 17.4 Å². The molecule has 0 spiro atoms.